The second kappa shape index (κ2) is 3.47. The van der Waals surface area contributed by atoms with Crippen LogP contribution in [0.2, 0.25) is 0 Å². The fourth-order valence-corrected chi connectivity index (χ4v) is 3.36. The molecule has 3 aromatic rings. The second-order valence-corrected chi connectivity index (χ2v) is 5.31. The van der Waals surface area contributed by atoms with E-state index in [1.807, 2.05) is 11.4 Å². The summed E-state index contributed by atoms with van der Waals surface area (Å²) in [6.07, 6.45) is 3.37. The minimum Gasteiger partial charge on any atom is -0.297 e. The van der Waals surface area contributed by atoms with Crippen molar-refractivity contribution in [1.29, 1.82) is 0 Å². The molecule has 0 bridgehead atoms. The van der Waals surface area contributed by atoms with Crippen LogP contribution in [-0.2, 0) is 0 Å². The first-order valence-corrected chi connectivity index (χ1v) is 6.23. The lowest BCUT2D eigenvalue weighted by Crippen LogP contribution is -1.78. The van der Waals surface area contributed by atoms with Crippen LogP contribution < -0.4 is 0 Å². The number of fused-ring (bicyclic) bond motifs is 3. The molecule has 16 heavy (non-hydrogen) atoms. The SMILES string of the molecule is O=Cc1cc2c(cnc3c(C=O)scc32)s1. The Balaban J connectivity index is 2.48. The Bertz CT molecular complexity index is 711. The number of rotatable bonds is 2. The Morgan fingerprint density at radius 1 is 1.19 bits per heavy atom. The van der Waals surface area contributed by atoms with Crippen LogP contribution in [0, 0.1) is 0 Å². The number of pyridine rings is 1. The van der Waals surface area contributed by atoms with Gasteiger partial charge in [0.2, 0.25) is 0 Å². The van der Waals surface area contributed by atoms with E-state index in [1.54, 1.807) is 6.20 Å². The van der Waals surface area contributed by atoms with Crippen molar-refractivity contribution in [2.75, 3.05) is 0 Å². The highest BCUT2D eigenvalue weighted by atomic mass is 32.1. The molecule has 0 unspecified atom stereocenters. The van der Waals surface area contributed by atoms with Gasteiger partial charge in [0.05, 0.1) is 20.0 Å². The first-order valence-electron chi connectivity index (χ1n) is 4.53. The Kier molecular flexibility index (Phi) is 2.08. The van der Waals surface area contributed by atoms with Crippen LogP contribution in [0.3, 0.4) is 0 Å². The molecule has 0 atom stereocenters. The smallest absolute Gasteiger partial charge is 0.162 e. The van der Waals surface area contributed by atoms with Gasteiger partial charge in [0.15, 0.2) is 12.6 Å². The molecule has 0 saturated heterocycles. The van der Waals surface area contributed by atoms with E-state index in [4.69, 9.17) is 0 Å². The van der Waals surface area contributed by atoms with Crippen molar-refractivity contribution >= 4 is 56.2 Å². The standard InChI is InChI=1S/C11H5NO2S2/c13-3-6-1-7-8-5-15-10(4-14)11(8)12-2-9(7)16-6/h1-5H. The van der Waals surface area contributed by atoms with Crippen molar-refractivity contribution < 1.29 is 9.59 Å². The number of aromatic nitrogens is 1. The van der Waals surface area contributed by atoms with Gasteiger partial charge in [0, 0.05) is 22.3 Å². The van der Waals surface area contributed by atoms with E-state index in [0.717, 1.165) is 33.6 Å². The minimum absolute atomic E-state index is 0.635. The monoisotopic (exact) mass is 247 g/mol. The summed E-state index contributed by atoms with van der Waals surface area (Å²) in [6, 6.07) is 1.85. The quantitative estimate of drug-likeness (QED) is 0.653. The van der Waals surface area contributed by atoms with Gasteiger partial charge in [-0.1, -0.05) is 0 Å². The molecule has 5 heteroatoms. The summed E-state index contributed by atoms with van der Waals surface area (Å²) in [5, 5.41) is 3.87. The predicted octanol–water partition coefficient (Wildman–Crippen LogP) is 3.14. The van der Waals surface area contributed by atoms with Crippen LogP contribution in [-0.4, -0.2) is 17.6 Å². The number of thiophene rings is 2. The molecule has 3 rings (SSSR count). The Morgan fingerprint density at radius 2 is 2.06 bits per heavy atom. The molecular formula is C11H5NO2S2. The molecule has 0 radical (unpaired) electrons. The second-order valence-electron chi connectivity index (χ2n) is 3.28. The molecule has 0 aromatic carbocycles. The van der Waals surface area contributed by atoms with Crippen molar-refractivity contribution in [1.82, 2.24) is 4.98 Å². The zero-order valence-corrected chi connectivity index (χ0v) is 9.60. The number of nitrogens with zero attached hydrogens (tertiary/aromatic N) is 1. The van der Waals surface area contributed by atoms with Gasteiger partial charge in [0.1, 0.15) is 0 Å². The van der Waals surface area contributed by atoms with E-state index < -0.39 is 0 Å². The van der Waals surface area contributed by atoms with Crippen LogP contribution in [0.5, 0.6) is 0 Å². The van der Waals surface area contributed by atoms with Gasteiger partial charge in [-0.2, -0.15) is 0 Å². The summed E-state index contributed by atoms with van der Waals surface area (Å²) >= 11 is 2.79. The maximum absolute atomic E-state index is 10.8. The molecule has 3 aromatic heterocycles. The lowest BCUT2D eigenvalue weighted by Gasteiger charge is -1.91. The minimum atomic E-state index is 0.635. The average molecular weight is 247 g/mol. The Labute approximate surface area is 98.3 Å². The topological polar surface area (TPSA) is 47.0 Å². The highest BCUT2D eigenvalue weighted by Gasteiger charge is 2.10. The number of hydrogen-bond acceptors (Lipinski definition) is 5. The highest BCUT2D eigenvalue weighted by Crippen LogP contribution is 2.33. The zero-order valence-electron chi connectivity index (χ0n) is 7.97. The van der Waals surface area contributed by atoms with Crippen molar-refractivity contribution in [3.05, 3.63) is 27.4 Å². The van der Waals surface area contributed by atoms with Crippen LogP contribution in [0.25, 0.3) is 21.0 Å². The van der Waals surface area contributed by atoms with Crippen LogP contribution >= 0.6 is 22.7 Å². The largest absolute Gasteiger partial charge is 0.297 e. The highest BCUT2D eigenvalue weighted by molar-refractivity contribution is 7.20. The van der Waals surface area contributed by atoms with Crippen LogP contribution in [0.1, 0.15) is 19.3 Å². The summed E-state index contributed by atoms with van der Waals surface area (Å²) in [4.78, 5) is 27.1. The number of aldehydes is 2. The van der Waals surface area contributed by atoms with E-state index in [0.29, 0.717) is 9.75 Å². The molecule has 3 nitrogen and oxygen atoms in total. The first kappa shape index (κ1) is 9.62. The van der Waals surface area contributed by atoms with E-state index in [2.05, 4.69) is 4.98 Å². The third kappa shape index (κ3) is 1.22. The molecule has 0 amide bonds. The van der Waals surface area contributed by atoms with Crippen molar-refractivity contribution in [2.24, 2.45) is 0 Å². The number of carbonyl (C=O) groups excluding carboxylic acids is 2. The van der Waals surface area contributed by atoms with Crippen LogP contribution in [0.4, 0.5) is 0 Å². The fourth-order valence-electron chi connectivity index (χ4n) is 1.69. The maximum Gasteiger partial charge on any atom is 0.162 e. The maximum atomic E-state index is 10.8. The molecule has 0 aliphatic carbocycles. The molecule has 0 saturated carbocycles. The zero-order chi connectivity index (χ0) is 11.1. The van der Waals surface area contributed by atoms with Gasteiger partial charge in [-0.25, -0.2) is 0 Å². The molecular weight excluding hydrogens is 242 g/mol. The Morgan fingerprint density at radius 3 is 2.81 bits per heavy atom. The van der Waals surface area contributed by atoms with E-state index in [-0.39, 0.29) is 0 Å². The van der Waals surface area contributed by atoms with E-state index in [9.17, 15) is 9.59 Å². The summed E-state index contributed by atoms with van der Waals surface area (Å²) in [6.45, 7) is 0. The van der Waals surface area contributed by atoms with Gasteiger partial charge in [0.25, 0.3) is 0 Å². The Hall–Kier alpha value is -1.59. The number of hydrogen-bond donors (Lipinski definition) is 0. The van der Waals surface area contributed by atoms with Gasteiger partial charge < -0.3 is 0 Å². The molecule has 78 valence electrons. The van der Waals surface area contributed by atoms with Gasteiger partial charge >= 0.3 is 0 Å². The summed E-state index contributed by atoms with van der Waals surface area (Å²) in [5.74, 6) is 0. The van der Waals surface area contributed by atoms with Gasteiger partial charge in [-0.3, -0.25) is 14.6 Å². The van der Waals surface area contributed by atoms with Crippen LogP contribution in [0.15, 0.2) is 17.6 Å². The van der Waals surface area contributed by atoms with Crippen molar-refractivity contribution in [3.8, 4) is 0 Å². The predicted molar refractivity (Wildman–Crippen MR) is 65.8 cm³/mol. The van der Waals surface area contributed by atoms with Crippen molar-refractivity contribution in [3.63, 3.8) is 0 Å². The molecule has 0 spiro atoms. The van der Waals surface area contributed by atoms with Gasteiger partial charge in [-0.15, -0.1) is 22.7 Å². The van der Waals surface area contributed by atoms with Gasteiger partial charge in [-0.05, 0) is 6.07 Å². The third-order valence-electron chi connectivity index (χ3n) is 2.40. The fraction of sp³-hybridized carbons (Fsp3) is 0. The van der Waals surface area contributed by atoms with E-state index >= 15 is 0 Å². The summed E-state index contributed by atoms with van der Waals surface area (Å²) in [5.41, 5.74) is 0.725. The summed E-state index contributed by atoms with van der Waals surface area (Å²) < 4.78 is 0.977. The lowest BCUT2D eigenvalue weighted by molar-refractivity contribution is 0.111. The molecule has 0 aliphatic rings. The lowest BCUT2D eigenvalue weighted by atomic mass is 10.2. The number of carbonyl (C=O) groups is 2. The molecule has 3 heterocycles. The third-order valence-corrected chi connectivity index (χ3v) is 4.29. The normalized spacial score (nSPS) is 11.0. The molecule has 0 fully saturated rings. The molecule has 0 aliphatic heterocycles. The average Bonchev–Trinajstić information content (AvgIpc) is 2.91. The van der Waals surface area contributed by atoms with E-state index in [1.165, 1.54) is 22.7 Å². The first-order chi connectivity index (χ1) is 7.83. The molecule has 0 N–H and O–H groups in total. The van der Waals surface area contributed by atoms with Crippen molar-refractivity contribution in [2.45, 2.75) is 0 Å². The summed E-state index contributed by atoms with van der Waals surface area (Å²) in [7, 11) is 0.